The summed E-state index contributed by atoms with van der Waals surface area (Å²) in [5.41, 5.74) is 2.42. The molecular weight excluding hydrogens is 230 g/mol. The molecule has 0 atom stereocenters. The van der Waals surface area contributed by atoms with Crippen LogP contribution in [0.3, 0.4) is 0 Å². The summed E-state index contributed by atoms with van der Waals surface area (Å²) in [5.74, 6) is -0.733. The van der Waals surface area contributed by atoms with Crippen LogP contribution in [-0.2, 0) is 21.4 Å². The lowest BCUT2D eigenvalue weighted by Crippen LogP contribution is -2.23. The third-order valence-corrected chi connectivity index (χ3v) is 3.54. The molecule has 0 saturated heterocycles. The number of carboxylic acid groups (broad SMARTS) is 1. The minimum absolute atomic E-state index is 0.0729. The first-order valence-corrected chi connectivity index (χ1v) is 5.93. The molecule has 1 heterocycles. The number of carbonyl (C=O) groups is 2. The fourth-order valence-electron chi connectivity index (χ4n) is 2.34. The summed E-state index contributed by atoms with van der Waals surface area (Å²) in [7, 11) is 1.75. The van der Waals surface area contributed by atoms with Gasteiger partial charge < -0.3 is 10.0 Å². The van der Waals surface area contributed by atoms with E-state index in [1.54, 1.807) is 11.9 Å². The Morgan fingerprint density at radius 3 is 2.72 bits per heavy atom. The highest BCUT2D eigenvalue weighted by Gasteiger charge is 2.29. The van der Waals surface area contributed by atoms with Gasteiger partial charge in [0.1, 0.15) is 0 Å². The maximum atomic E-state index is 11.6. The fraction of sp³-hybridized carbons (Fsp3) is 0.429. The van der Waals surface area contributed by atoms with Gasteiger partial charge in [-0.1, -0.05) is 26.0 Å². The highest BCUT2D eigenvalue weighted by atomic mass is 16.4. The molecule has 0 bridgehead atoms. The number of rotatable bonds is 3. The van der Waals surface area contributed by atoms with Crippen LogP contribution in [0.25, 0.3) is 0 Å². The predicted octanol–water partition coefficient (Wildman–Crippen LogP) is 1.96. The van der Waals surface area contributed by atoms with Crippen molar-refractivity contribution in [2.24, 2.45) is 0 Å². The van der Waals surface area contributed by atoms with Gasteiger partial charge >= 0.3 is 5.97 Å². The highest BCUT2D eigenvalue weighted by Crippen LogP contribution is 2.34. The summed E-state index contributed by atoms with van der Waals surface area (Å²) in [6.45, 7) is 3.80. The van der Waals surface area contributed by atoms with E-state index in [1.807, 2.05) is 32.0 Å². The van der Waals surface area contributed by atoms with Gasteiger partial charge in [0, 0.05) is 18.2 Å². The molecule has 0 aromatic heterocycles. The largest absolute Gasteiger partial charge is 0.481 e. The van der Waals surface area contributed by atoms with E-state index in [0.717, 1.165) is 16.8 Å². The first-order chi connectivity index (χ1) is 8.31. The van der Waals surface area contributed by atoms with Crippen molar-refractivity contribution in [1.29, 1.82) is 0 Å². The zero-order valence-corrected chi connectivity index (χ0v) is 10.9. The Bertz CT molecular complexity index is 520. The normalized spacial score (nSPS) is 14.8. The van der Waals surface area contributed by atoms with E-state index in [4.69, 9.17) is 5.11 Å². The van der Waals surface area contributed by atoms with Gasteiger partial charge in [0.25, 0.3) is 0 Å². The van der Waals surface area contributed by atoms with Crippen LogP contribution in [0.1, 0.15) is 31.4 Å². The summed E-state index contributed by atoms with van der Waals surface area (Å²) >= 11 is 0. The van der Waals surface area contributed by atoms with E-state index >= 15 is 0 Å². The molecule has 1 aliphatic rings. The number of aliphatic carboxylic acids is 1. The monoisotopic (exact) mass is 247 g/mol. The molecule has 0 aliphatic carbocycles. The summed E-state index contributed by atoms with van der Waals surface area (Å²) in [5, 5.41) is 8.93. The van der Waals surface area contributed by atoms with Gasteiger partial charge in [-0.15, -0.1) is 0 Å². The molecule has 0 saturated carbocycles. The van der Waals surface area contributed by atoms with Gasteiger partial charge in [0.15, 0.2) is 0 Å². The fourth-order valence-corrected chi connectivity index (χ4v) is 2.34. The molecule has 0 spiro atoms. The lowest BCUT2D eigenvalue weighted by molar-refractivity contribution is -0.138. The average molecular weight is 247 g/mol. The van der Waals surface area contributed by atoms with E-state index in [2.05, 4.69) is 0 Å². The van der Waals surface area contributed by atoms with Crippen LogP contribution in [0.2, 0.25) is 0 Å². The minimum atomic E-state index is -0.815. The minimum Gasteiger partial charge on any atom is -0.481 e. The number of carbonyl (C=O) groups excluding carboxylic acids is 1. The van der Waals surface area contributed by atoms with Gasteiger partial charge in [0.2, 0.25) is 5.91 Å². The Labute approximate surface area is 106 Å². The number of hydrogen-bond donors (Lipinski definition) is 1. The van der Waals surface area contributed by atoms with Crippen molar-refractivity contribution in [2.45, 2.75) is 32.1 Å². The van der Waals surface area contributed by atoms with Crippen LogP contribution in [0.4, 0.5) is 5.69 Å². The maximum absolute atomic E-state index is 11.6. The third-order valence-electron chi connectivity index (χ3n) is 3.54. The molecule has 1 aromatic carbocycles. The Hall–Kier alpha value is -1.84. The van der Waals surface area contributed by atoms with Gasteiger partial charge in [-0.2, -0.15) is 0 Å². The zero-order valence-electron chi connectivity index (χ0n) is 10.9. The van der Waals surface area contributed by atoms with E-state index < -0.39 is 11.4 Å². The second-order valence-electron chi connectivity index (χ2n) is 5.43. The van der Waals surface area contributed by atoms with Crippen molar-refractivity contribution in [2.75, 3.05) is 11.9 Å². The molecule has 0 fully saturated rings. The predicted molar refractivity (Wildman–Crippen MR) is 68.8 cm³/mol. The van der Waals surface area contributed by atoms with Crippen LogP contribution < -0.4 is 4.90 Å². The average Bonchev–Trinajstić information content (AvgIpc) is 2.53. The number of fused-ring (bicyclic) bond motifs is 1. The Balaban J connectivity index is 2.38. The van der Waals surface area contributed by atoms with Crippen LogP contribution in [-0.4, -0.2) is 24.0 Å². The summed E-state index contributed by atoms with van der Waals surface area (Å²) in [4.78, 5) is 24.1. The molecule has 0 radical (unpaired) electrons. The summed E-state index contributed by atoms with van der Waals surface area (Å²) in [6, 6.07) is 5.78. The first kappa shape index (κ1) is 12.6. The number of hydrogen-bond acceptors (Lipinski definition) is 2. The Morgan fingerprint density at radius 2 is 2.11 bits per heavy atom. The van der Waals surface area contributed by atoms with Crippen LogP contribution in [0.15, 0.2) is 18.2 Å². The summed E-state index contributed by atoms with van der Waals surface area (Å²) in [6.07, 6.45) is 0.509. The smallest absolute Gasteiger partial charge is 0.304 e. The van der Waals surface area contributed by atoms with Crippen molar-refractivity contribution >= 4 is 17.6 Å². The van der Waals surface area contributed by atoms with Gasteiger partial charge in [0.05, 0.1) is 12.8 Å². The quantitative estimate of drug-likeness (QED) is 0.888. The zero-order chi connectivity index (χ0) is 13.5. The van der Waals surface area contributed by atoms with Gasteiger partial charge in [-0.25, -0.2) is 0 Å². The number of amides is 1. The van der Waals surface area contributed by atoms with Crippen LogP contribution in [0.5, 0.6) is 0 Å². The molecule has 1 aliphatic heterocycles. The van der Waals surface area contributed by atoms with Crippen LogP contribution in [0, 0.1) is 0 Å². The summed E-state index contributed by atoms with van der Waals surface area (Å²) < 4.78 is 0. The molecule has 1 aromatic rings. The van der Waals surface area contributed by atoms with Gasteiger partial charge in [-0.05, 0) is 17.2 Å². The van der Waals surface area contributed by atoms with Crippen molar-refractivity contribution in [3.63, 3.8) is 0 Å². The van der Waals surface area contributed by atoms with Crippen LogP contribution >= 0.6 is 0 Å². The molecule has 1 N–H and O–H groups in total. The number of anilines is 1. The highest BCUT2D eigenvalue weighted by molar-refractivity contribution is 6.01. The maximum Gasteiger partial charge on any atom is 0.304 e. The van der Waals surface area contributed by atoms with Crippen molar-refractivity contribution in [3.8, 4) is 0 Å². The topological polar surface area (TPSA) is 57.6 Å². The Kier molecular flexibility index (Phi) is 2.89. The lowest BCUT2D eigenvalue weighted by atomic mass is 9.81. The second-order valence-corrected chi connectivity index (χ2v) is 5.43. The van der Waals surface area contributed by atoms with Crippen molar-refractivity contribution < 1.29 is 14.7 Å². The Morgan fingerprint density at radius 1 is 1.44 bits per heavy atom. The number of benzene rings is 1. The number of nitrogens with zero attached hydrogens (tertiary/aromatic N) is 1. The molecule has 1 amide bonds. The number of carboxylic acids is 1. The van der Waals surface area contributed by atoms with Crippen molar-refractivity contribution in [3.05, 3.63) is 29.3 Å². The molecule has 0 unspecified atom stereocenters. The lowest BCUT2D eigenvalue weighted by Gasteiger charge is -2.24. The molecule has 96 valence electrons. The SMILES string of the molecule is CN1C(=O)Cc2ccc(C(C)(C)CC(=O)O)cc21. The van der Waals surface area contributed by atoms with E-state index in [1.165, 1.54) is 0 Å². The molecule has 4 nitrogen and oxygen atoms in total. The molecule has 2 rings (SSSR count). The second kappa shape index (κ2) is 4.12. The third kappa shape index (κ3) is 2.10. The van der Waals surface area contributed by atoms with E-state index in [0.29, 0.717) is 6.42 Å². The van der Waals surface area contributed by atoms with Crippen molar-refractivity contribution in [1.82, 2.24) is 0 Å². The first-order valence-electron chi connectivity index (χ1n) is 5.93. The van der Waals surface area contributed by atoms with E-state index in [9.17, 15) is 9.59 Å². The molecular formula is C14H17NO3. The standard InChI is InChI=1S/C14H17NO3/c1-14(2,8-13(17)18)10-5-4-9-6-12(16)15(3)11(9)7-10/h4-5,7H,6,8H2,1-3H3,(H,17,18). The molecule has 4 heteroatoms. The number of likely N-dealkylation sites (N-methyl/N-ethyl adjacent to an activating group) is 1. The van der Waals surface area contributed by atoms with Gasteiger partial charge in [-0.3, -0.25) is 9.59 Å². The molecule has 18 heavy (non-hydrogen) atoms. The van der Waals surface area contributed by atoms with E-state index in [-0.39, 0.29) is 12.3 Å².